The smallest absolute Gasteiger partial charge is 0.303 e. The van der Waals surface area contributed by atoms with E-state index in [-0.39, 0.29) is 55.9 Å². The molecule has 0 aliphatic rings. The van der Waals surface area contributed by atoms with Gasteiger partial charge in [0.05, 0.1) is 32.8 Å². The monoisotopic (exact) mass is 549 g/mol. The number of nitrogens with one attached hydrogen (secondary N) is 2. The Bertz CT molecular complexity index is 680. The first-order valence-electron chi connectivity index (χ1n) is 12.6. The Hall–Kier alpha value is -2.22. The van der Waals surface area contributed by atoms with Crippen LogP contribution < -0.4 is 10.6 Å². The van der Waals surface area contributed by atoms with Crippen molar-refractivity contribution in [1.29, 1.82) is 0 Å². The van der Waals surface area contributed by atoms with E-state index in [9.17, 15) is 24.0 Å². The third-order valence-electron chi connectivity index (χ3n) is 4.79. The van der Waals surface area contributed by atoms with E-state index in [4.69, 9.17) is 19.3 Å². The van der Waals surface area contributed by atoms with Crippen LogP contribution in [0.15, 0.2) is 0 Å². The second-order valence-corrected chi connectivity index (χ2v) is 9.29. The normalized spacial score (nSPS) is 10.6. The van der Waals surface area contributed by atoms with Crippen molar-refractivity contribution < 1.29 is 43.3 Å². The topological polar surface area (TPSA) is 161 Å². The zero-order chi connectivity index (χ0) is 27.7. The number of imide groups is 1. The Kier molecular flexibility index (Phi) is 22.7. The zero-order valence-electron chi connectivity index (χ0n) is 22.1. The quantitative estimate of drug-likeness (QED) is 0.147. The van der Waals surface area contributed by atoms with E-state index in [0.29, 0.717) is 71.3 Å². The summed E-state index contributed by atoms with van der Waals surface area (Å²) in [4.78, 5) is 58.6. The molecule has 0 fully saturated rings. The maximum atomic E-state index is 12.1. The number of aliphatic carboxylic acids is 1. The molecule has 0 unspecified atom stereocenters. The molecule has 0 saturated carbocycles. The van der Waals surface area contributed by atoms with E-state index in [2.05, 4.69) is 10.6 Å². The minimum absolute atomic E-state index is 0.0240. The Balaban J connectivity index is 3.53. The fourth-order valence-electron chi connectivity index (χ4n) is 2.85. The molecular formula is C24H43N3O9S. The summed E-state index contributed by atoms with van der Waals surface area (Å²) < 4.78 is 16.2. The molecule has 0 aromatic rings. The van der Waals surface area contributed by atoms with Gasteiger partial charge in [0.2, 0.25) is 23.6 Å². The molecule has 0 aliphatic heterocycles. The molecule has 0 atom stereocenters. The fourth-order valence-corrected chi connectivity index (χ4v) is 3.46. The summed E-state index contributed by atoms with van der Waals surface area (Å²) in [6.45, 7) is 6.89. The van der Waals surface area contributed by atoms with Crippen LogP contribution in [0.1, 0.15) is 52.4 Å². The highest BCUT2D eigenvalue weighted by atomic mass is 32.2. The summed E-state index contributed by atoms with van der Waals surface area (Å²) in [5.41, 5.74) is 0. The lowest BCUT2D eigenvalue weighted by Crippen LogP contribution is -2.38. The van der Waals surface area contributed by atoms with Crippen LogP contribution in [0.5, 0.6) is 0 Å². The van der Waals surface area contributed by atoms with E-state index in [0.717, 1.165) is 10.7 Å². The molecule has 3 N–H and O–H groups in total. The van der Waals surface area contributed by atoms with Gasteiger partial charge < -0.3 is 30.0 Å². The molecule has 37 heavy (non-hydrogen) atoms. The highest BCUT2D eigenvalue weighted by Gasteiger charge is 2.18. The van der Waals surface area contributed by atoms with Gasteiger partial charge in [-0.15, -0.1) is 0 Å². The van der Waals surface area contributed by atoms with Crippen LogP contribution in [-0.4, -0.2) is 110 Å². The number of carbonyl (C=O) groups is 5. The third-order valence-corrected chi connectivity index (χ3v) is 5.69. The van der Waals surface area contributed by atoms with E-state index >= 15 is 0 Å². The standard InChI is InChI=1S/C24H43N3O9S/c1-3-37-19-9-23(31)27(20(2)28)12-8-22(30)26-11-5-14-35-16-18-36-17-15-34-13-4-10-25-21(29)6-7-24(32)33/h3-19H2,1-2H3,(H,25,29)(H,26,30)(H,32,33). The van der Waals surface area contributed by atoms with E-state index in [1.165, 1.54) is 6.92 Å². The number of amides is 4. The van der Waals surface area contributed by atoms with Gasteiger partial charge in [0.1, 0.15) is 0 Å². The Morgan fingerprint density at radius 2 is 1.27 bits per heavy atom. The van der Waals surface area contributed by atoms with E-state index in [1.807, 2.05) is 6.92 Å². The molecule has 0 bridgehead atoms. The zero-order valence-corrected chi connectivity index (χ0v) is 22.9. The van der Waals surface area contributed by atoms with Crippen LogP contribution in [0.25, 0.3) is 0 Å². The molecule has 0 heterocycles. The van der Waals surface area contributed by atoms with Gasteiger partial charge in [-0.1, -0.05) is 6.92 Å². The van der Waals surface area contributed by atoms with Crippen LogP contribution in [0.2, 0.25) is 0 Å². The van der Waals surface area contributed by atoms with Crippen molar-refractivity contribution in [1.82, 2.24) is 15.5 Å². The highest BCUT2D eigenvalue weighted by Crippen LogP contribution is 2.05. The first-order valence-corrected chi connectivity index (χ1v) is 13.8. The number of hydrogen-bond donors (Lipinski definition) is 3. The maximum absolute atomic E-state index is 12.1. The largest absolute Gasteiger partial charge is 0.481 e. The number of carbonyl (C=O) groups excluding carboxylic acids is 4. The lowest BCUT2D eigenvalue weighted by Gasteiger charge is -2.18. The number of carboxylic acid groups (broad SMARTS) is 1. The van der Waals surface area contributed by atoms with Crippen molar-refractivity contribution >= 4 is 41.4 Å². The van der Waals surface area contributed by atoms with Crippen molar-refractivity contribution in [2.45, 2.75) is 52.4 Å². The Morgan fingerprint density at radius 3 is 1.76 bits per heavy atom. The van der Waals surface area contributed by atoms with Crippen molar-refractivity contribution in [3.63, 3.8) is 0 Å². The lowest BCUT2D eigenvalue weighted by molar-refractivity contribution is -0.143. The minimum Gasteiger partial charge on any atom is -0.481 e. The van der Waals surface area contributed by atoms with Gasteiger partial charge >= 0.3 is 5.97 Å². The van der Waals surface area contributed by atoms with Gasteiger partial charge in [-0.2, -0.15) is 11.8 Å². The molecule has 0 aromatic carbocycles. The second kappa shape index (κ2) is 24.1. The number of nitrogens with zero attached hydrogens (tertiary/aromatic N) is 1. The summed E-state index contributed by atoms with van der Waals surface area (Å²) in [5.74, 6) is -0.524. The predicted molar refractivity (Wildman–Crippen MR) is 139 cm³/mol. The van der Waals surface area contributed by atoms with E-state index in [1.54, 1.807) is 11.8 Å². The number of carboxylic acids is 1. The summed E-state index contributed by atoms with van der Waals surface area (Å²) in [6.07, 6.45) is 1.42. The van der Waals surface area contributed by atoms with Gasteiger partial charge in [0.15, 0.2) is 0 Å². The molecule has 0 saturated heterocycles. The number of ether oxygens (including phenoxy) is 3. The number of hydrogen-bond acceptors (Lipinski definition) is 9. The lowest BCUT2D eigenvalue weighted by atomic mass is 10.3. The second-order valence-electron chi connectivity index (χ2n) is 7.90. The molecule has 12 nitrogen and oxygen atoms in total. The molecule has 4 amide bonds. The van der Waals surface area contributed by atoms with Crippen LogP contribution in [0, 0.1) is 0 Å². The predicted octanol–water partition coefficient (Wildman–Crippen LogP) is 0.822. The van der Waals surface area contributed by atoms with E-state index < -0.39 is 5.97 Å². The Morgan fingerprint density at radius 1 is 0.757 bits per heavy atom. The van der Waals surface area contributed by atoms with Crippen molar-refractivity contribution in [3.05, 3.63) is 0 Å². The van der Waals surface area contributed by atoms with Crippen molar-refractivity contribution in [2.75, 3.05) is 70.8 Å². The van der Waals surface area contributed by atoms with Gasteiger partial charge in [0, 0.05) is 64.8 Å². The van der Waals surface area contributed by atoms with Crippen LogP contribution >= 0.6 is 11.8 Å². The van der Waals surface area contributed by atoms with Gasteiger partial charge in [0.25, 0.3) is 0 Å². The number of thioether (sulfide) groups is 1. The molecule has 0 spiro atoms. The third kappa shape index (κ3) is 22.7. The molecule has 0 radical (unpaired) electrons. The summed E-state index contributed by atoms with van der Waals surface area (Å²) in [6, 6.07) is 0. The van der Waals surface area contributed by atoms with Gasteiger partial charge in [-0.05, 0) is 18.6 Å². The molecule has 0 aromatic heterocycles. The average Bonchev–Trinajstić information content (AvgIpc) is 2.85. The summed E-state index contributed by atoms with van der Waals surface area (Å²) in [5, 5.41) is 13.9. The van der Waals surface area contributed by atoms with Crippen molar-refractivity contribution in [3.8, 4) is 0 Å². The summed E-state index contributed by atoms with van der Waals surface area (Å²) >= 11 is 1.63. The van der Waals surface area contributed by atoms with Crippen molar-refractivity contribution in [2.24, 2.45) is 0 Å². The van der Waals surface area contributed by atoms with Crippen LogP contribution in [0.4, 0.5) is 0 Å². The van der Waals surface area contributed by atoms with Crippen LogP contribution in [-0.2, 0) is 38.2 Å². The summed E-state index contributed by atoms with van der Waals surface area (Å²) in [7, 11) is 0. The molecule has 0 rings (SSSR count). The average molecular weight is 550 g/mol. The van der Waals surface area contributed by atoms with Crippen LogP contribution in [0.3, 0.4) is 0 Å². The minimum atomic E-state index is -0.995. The first-order chi connectivity index (χ1) is 17.8. The molecule has 13 heteroatoms. The Labute approximate surface area is 223 Å². The van der Waals surface area contributed by atoms with Gasteiger partial charge in [-0.25, -0.2) is 0 Å². The fraction of sp³-hybridized carbons (Fsp3) is 0.792. The highest BCUT2D eigenvalue weighted by molar-refractivity contribution is 7.99. The first kappa shape index (κ1) is 34.8. The number of rotatable bonds is 24. The van der Waals surface area contributed by atoms with Gasteiger partial charge in [-0.3, -0.25) is 28.9 Å². The molecular weight excluding hydrogens is 506 g/mol. The maximum Gasteiger partial charge on any atom is 0.303 e. The SMILES string of the molecule is CCSCCC(=O)N(CCC(=O)NCCCOCCOCCOCCCNC(=O)CCC(=O)O)C(C)=O. The molecule has 214 valence electrons. The molecule has 0 aliphatic carbocycles.